The smallest absolute Gasteiger partial charge is 0.246 e. The molecule has 0 N–H and O–H groups in total. The van der Waals surface area contributed by atoms with E-state index in [4.69, 9.17) is 13.0 Å². The molecule has 1 aliphatic heterocycles. The Morgan fingerprint density at radius 3 is 2.60 bits per heavy atom. The number of nitrogens with zero attached hydrogens (tertiary/aromatic N) is 5. The maximum atomic E-state index is 12.2. The van der Waals surface area contributed by atoms with Crippen LogP contribution >= 0.6 is 11.6 Å². The number of carbonyl (C=O) groups is 2. The van der Waals surface area contributed by atoms with Crippen molar-refractivity contribution in [3.63, 3.8) is 0 Å². The lowest BCUT2D eigenvalue weighted by Gasteiger charge is -2.35. The summed E-state index contributed by atoms with van der Waals surface area (Å²) in [5, 5.41) is 1.05. The third kappa shape index (κ3) is 4.31. The number of halogens is 1. The summed E-state index contributed by atoms with van der Waals surface area (Å²) in [6, 6.07) is 7.69. The van der Waals surface area contributed by atoms with E-state index in [-0.39, 0.29) is 22.9 Å². The molecule has 1 amide bonds. The zero-order valence-electron chi connectivity index (χ0n) is 17.4. The Morgan fingerprint density at radius 2 is 1.87 bits per heavy atom. The molecule has 0 spiro atoms. The third-order valence-electron chi connectivity index (χ3n) is 4.96. The molecule has 3 heterocycles. The second kappa shape index (κ2) is 8.59. The van der Waals surface area contributed by atoms with Crippen molar-refractivity contribution in [3.8, 4) is 11.1 Å². The van der Waals surface area contributed by atoms with Crippen molar-refractivity contribution in [3.05, 3.63) is 60.1 Å². The molecule has 8 heteroatoms. The van der Waals surface area contributed by atoms with E-state index in [0.717, 1.165) is 27.8 Å². The second-order valence-electron chi connectivity index (χ2n) is 6.98. The number of anilines is 1. The lowest BCUT2D eigenvalue weighted by Crippen LogP contribution is -2.48. The van der Waals surface area contributed by atoms with Gasteiger partial charge in [0.05, 0.1) is 6.89 Å². The maximum Gasteiger partial charge on any atom is 0.246 e. The van der Waals surface area contributed by atoms with Gasteiger partial charge in [0.2, 0.25) is 5.91 Å². The normalized spacial score (nSPS) is 14.9. The predicted molar refractivity (Wildman–Crippen MR) is 116 cm³/mol. The first kappa shape index (κ1) is 18.7. The van der Waals surface area contributed by atoms with Crippen molar-refractivity contribution in [1.82, 2.24) is 19.9 Å². The summed E-state index contributed by atoms with van der Waals surface area (Å²) in [6.45, 7) is 3.73. The Labute approximate surface area is 180 Å². The number of pyridine rings is 1. The number of hydrogen-bond donors (Lipinski definition) is 0. The molecule has 0 atom stereocenters. The highest BCUT2D eigenvalue weighted by atomic mass is 35.5. The fourth-order valence-electron chi connectivity index (χ4n) is 3.40. The molecular formula is C22H20ClN5O2. The minimum absolute atomic E-state index is 0.149. The predicted octanol–water partition coefficient (Wildman–Crippen LogP) is 3.14. The van der Waals surface area contributed by atoms with Crippen molar-refractivity contribution >= 4 is 40.0 Å². The first-order valence-corrected chi connectivity index (χ1v) is 9.90. The molecule has 0 saturated carbocycles. The van der Waals surface area contributed by atoms with Crippen LogP contribution in [0.5, 0.6) is 0 Å². The average molecular weight is 423 g/mol. The fourth-order valence-corrected chi connectivity index (χ4v) is 3.51. The average Bonchev–Trinajstić information content (AvgIpc) is 2.78. The first-order chi connectivity index (χ1) is 14.9. The van der Waals surface area contributed by atoms with Gasteiger partial charge in [-0.25, -0.2) is 15.0 Å². The van der Waals surface area contributed by atoms with Crippen LogP contribution in [0.4, 0.5) is 5.82 Å². The molecule has 2 aromatic heterocycles. The van der Waals surface area contributed by atoms with Crippen LogP contribution < -0.4 is 4.90 Å². The molecule has 1 aromatic carbocycles. The van der Waals surface area contributed by atoms with E-state index >= 15 is 0 Å². The summed E-state index contributed by atoms with van der Waals surface area (Å²) in [5.74, 6) is 0.487. The van der Waals surface area contributed by atoms with Crippen LogP contribution in [0, 0.1) is 0 Å². The zero-order valence-corrected chi connectivity index (χ0v) is 17.1. The number of amides is 1. The molecule has 30 heavy (non-hydrogen) atoms. The molecular weight excluding hydrogens is 402 g/mol. The topological polar surface area (TPSA) is 79.3 Å². The Kier molecular flexibility index (Phi) is 5.35. The Bertz CT molecular complexity index is 1190. The van der Waals surface area contributed by atoms with E-state index in [1.54, 1.807) is 17.2 Å². The monoisotopic (exact) mass is 422 g/mol. The lowest BCUT2D eigenvalue weighted by atomic mass is 10.0. The highest BCUT2D eigenvalue weighted by Crippen LogP contribution is 2.29. The zero-order chi connectivity index (χ0) is 22.0. The standard InChI is InChI=1S/C22H20ClN5O2/c1-15(29)2-7-21(30)27-8-10-28(11-9-27)22-18-12-16(3-5-19(18)25-14-26-22)17-4-6-20(23)24-13-17/h2-7,12-14H,8-11H2,1H3/i6D. The number of allylic oxidation sites excluding steroid dienone is 1. The first-order valence-electron chi connectivity index (χ1n) is 10.0. The van der Waals surface area contributed by atoms with E-state index in [0.29, 0.717) is 26.2 Å². The molecule has 3 aromatic rings. The van der Waals surface area contributed by atoms with Crippen LogP contribution in [0.3, 0.4) is 0 Å². The Balaban J connectivity index is 1.59. The van der Waals surface area contributed by atoms with Crippen molar-refractivity contribution in [2.45, 2.75) is 6.92 Å². The highest BCUT2D eigenvalue weighted by Gasteiger charge is 2.22. The van der Waals surface area contributed by atoms with Crippen LogP contribution in [0.15, 0.2) is 55.0 Å². The van der Waals surface area contributed by atoms with Crippen molar-refractivity contribution in [1.29, 1.82) is 0 Å². The number of hydrogen-bond acceptors (Lipinski definition) is 6. The van der Waals surface area contributed by atoms with Gasteiger partial charge in [-0.2, -0.15) is 0 Å². The summed E-state index contributed by atoms with van der Waals surface area (Å²) in [6.07, 6.45) is 5.80. The van der Waals surface area contributed by atoms with Crippen LogP contribution in [-0.2, 0) is 9.59 Å². The molecule has 1 aliphatic rings. The lowest BCUT2D eigenvalue weighted by molar-refractivity contribution is -0.126. The van der Waals surface area contributed by atoms with Gasteiger partial charge in [-0.15, -0.1) is 0 Å². The van der Waals surface area contributed by atoms with Gasteiger partial charge in [0.25, 0.3) is 0 Å². The van der Waals surface area contributed by atoms with Gasteiger partial charge in [0.15, 0.2) is 5.78 Å². The van der Waals surface area contributed by atoms with Crippen molar-refractivity contribution in [2.75, 3.05) is 31.1 Å². The Hall–Kier alpha value is -3.32. The number of ketones is 1. The summed E-state index contributed by atoms with van der Waals surface area (Å²) in [7, 11) is 0. The molecule has 1 saturated heterocycles. The van der Waals surface area contributed by atoms with Gasteiger partial charge < -0.3 is 9.80 Å². The summed E-state index contributed by atoms with van der Waals surface area (Å²) in [5.41, 5.74) is 2.49. The van der Waals surface area contributed by atoms with Crippen LogP contribution in [0.25, 0.3) is 22.0 Å². The van der Waals surface area contributed by atoms with E-state index in [1.165, 1.54) is 25.4 Å². The minimum Gasteiger partial charge on any atom is -0.352 e. The van der Waals surface area contributed by atoms with E-state index in [9.17, 15) is 9.59 Å². The van der Waals surface area contributed by atoms with Crippen LogP contribution in [0.1, 0.15) is 8.29 Å². The molecule has 7 nitrogen and oxygen atoms in total. The van der Waals surface area contributed by atoms with Gasteiger partial charge in [-0.3, -0.25) is 9.59 Å². The number of fused-ring (bicyclic) bond motifs is 1. The molecule has 0 radical (unpaired) electrons. The fraction of sp³-hybridized carbons (Fsp3) is 0.227. The largest absolute Gasteiger partial charge is 0.352 e. The molecule has 0 unspecified atom stereocenters. The van der Waals surface area contributed by atoms with Crippen molar-refractivity contribution < 1.29 is 11.0 Å². The summed E-state index contributed by atoms with van der Waals surface area (Å²) < 4.78 is 7.90. The molecule has 0 aliphatic carbocycles. The third-order valence-corrected chi connectivity index (χ3v) is 5.17. The SMILES string of the molecule is [2H]c1cc(-c2ccc3ncnc(N4CCN(C(=O)C=CC(C)=O)CC4)c3c2)cnc1Cl. The van der Waals surface area contributed by atoms with E-state index in [2.05, 4.69) is 19.9 Å². The number of carbonyl (C=O) groups excluding carboxylic acids is 2. The van der Waals surface area contributed by atoms with E-state index < -0.39 is 0 Å². The molecule has 0 bridgehead atoms. The summed E-state index contributed by atoms with van der Waals surface area (Å²) >= 11 is 5.89. The van der Waals surface area contributed by atoms with Crippen LogP contribution in [0.2, 0.25) is 5.15 Å². The number of piperazine rings is 1. The second-order valence-corrected chi connectivity index (χ2v) is 7.34. The van der Waals surface area contributed by atoms with Gasteiger partial charge >= 0.3 is 0 Å². The van der Waals surface area contributed by atoms with Gasteiger partial charge in [-0.05, 0) is 42.8 Å². The van der Waals surface area contributed by atoms with Crippen LogP contribution in [-0.4, -0.2) is 57.7 Å². The van der Waals surface area contributed by atoms with Gasteiger partial charge in [0.1, 0.15) is 17.3 Å². The van der Waals surface area contributed by atoms with E-state index in [1.807, 2.05) is 18.2 Å². The molecule has 4 rings (SSSR count). The minimum atomic E-state index is -0.161. The maximum absolute atomic E-state index is 12.2. The quantitative estimate of drug-likeness (QED) is 0.474. The number of aromatic nitrogens is 3. The van der Waals surface area contributed by atoms with Gasteiger partial charge in [-0.1, -0.05) is 17.7 Å². The molecule has 1 fully saturated rings. The number of benzene rings is 1. The Morgan fingerprint density at radius 1 is 1.07 bits per heavy atom. The highest BCUT2D eigenvalue weighted by molar-refractivity contribution is 6.29. The van der Waals surface area contributed by atoms with Gasteiger partial charge in [0, 0.05) is 49.4 Å². The van der Waals surface area contributed by atoms with Crippen molar-refractivity contribution in [2.24, 2.45) is 0 Å². The number of rotatable bonds is 4. The summed E-state index contributed by atoms with van der Waals surface area (Å²) in [4.78, 5) is 40.1. The molecule has 152 valence electrons.